The molecule has 0 amide bonds. The van der Waals surface area contributed by atoms with Crippen LogP contribution in [0.4, 0.5) is 0 Å². The largest absolute Gasteiger partial charge is 0.310 e. The van der Waals surface area contributed by atoms with Crippen LogP contribution < -0.4 is 10.0 Å². The molecule has 17 heavy (non-hydrogen) atoms. The van der Waals surface area contributed by atoms with Crippen LogP contribution in [0.15, 0.2) is 0 Å². The Morgan fingerprint density at radius 2 is 1.94 bits per heavy atom. The van der Waals surface area contributed by atoms with Gasteiger partial charge in [-0.2, -0.15) is 12.7 Å². The molecule has 2 N–H and O–H groups in total. The minimum atomic E-state index is -3.29. The summed E-state index contributed by atoms with van der Waals surface area (Å²) in [4.78, 5) is 0. The molecule has 1 aliphatic heterocycles. The smallest absolute Gasteiger partial charge is 0.279 e. The van der Waals surface area contributed by atoms with Gasteiger partial charge < -0.3 is 5.32 Å². The van der Waals surface area contributed by atoms with E-state index in [2.05, 4.69) is 30.8 Å². The maximum absolute atomic E-state index is 11.9. The Kier molecular flexibility index (Phi) is 4.95. The molecule has 0 radical (unpaired) electrons. The van der Waals surface area contributed by atoms with Gasteiger partial charge in [-0.05, 0) is 33.6 Å². The fourth-order valence-corrected chi connectivity index (χ4v) is 3.21. The molecule has 1 fully saturated rings. The Balaban J connectivity index is 2.67. The van der Waals surface area contributed by atoms with Gasteiger partial charge in [0.2, 0.25) is 0 Å². The highest BCUT2D eigenvalue weighted by atomic mass is 32.2. The molecule has 0 aromatic carbocycles. The maximum atomic E-state index is 11.9. The van der Waals surface area contributed by atoms with Crippen LogP contribution in [-0.2, 0) is 10.2 Å². The predicted molar refractivity (Wildman–Crippen MR) is 70.1 cm³/mol. The first-order chi connectivity index (χ1) is 7.76. The summed E-state index contributed by atoms with van der Waals surface area (Å²) in [7, 11) is -1.82. The zero-order valence-electron chi connectivity index (χ0n) is 11.3. The lowest BCUT2D eigenvalue weighted by molar-refractivity contribution is 0.229. The average Bonchev–Trinajstić information content (AvgIpc) is 2.26. The number of piperidine rings is 1. The van der Waals surface area contributed by atoms with E-state index in [0.29, 0.717) is 13.1 Å². The Labute approximate surface area is 105 Å². The minimum Gasteiger partial charge on any atom is -0.310 e. The minimum absolute atomic E-state index is 0.0204. The van der Waals surface area contributed by atoms with Crippen molar-refractivity contribution >= 4 is 10.2 Å². The van der Waals surface area contributed by atoms with Crippen LogP contribution in [0.2, 0.25) is 0 Å². The van der Waals surface area contributed by atoms with Crippen molar-refractivity contribution in [3.05, 3.63) is 0 Å². The second-order valence-electron chi connectivity index (χ2n) is 5.60. The summed E-state index contributed by atoms with van der Waals surface area (Å²) in [6.07, 6.45) is 2.99. The third kappa shape index (κ3) is 4.54. The first kappa shape index (κ1) is 14.9. The van der Waals surface area contributed by atoms with E-state index in [-0.39, 0.29) is 11.6 Å². The molecule has 5 nitrogen and oxygen atoms in total. The number of rotatable bonds is 4. The van der Waals surface area contributed by atoms with Crippen molar-refractivity contribution in [3.8, 4) is 0 Å². The van der Waals surface area contributed by atoms with Crippen LogP contribution in [0.5, 0.6) is 0 Å². The van der Waals surface area contributed by atoms with Crippen molar-refractivity contribution in [1.29, 1.82) is 0 Å². The maximum Gasteiger partial charge on any atom is 0.279 e. The first-order valence-corrected chi connectivity index (χ1v) is 7.65. The second-order valence-corrected chi connectivity index (χ2v) is 7.43. The Bertz CT molecular complexity index is 335. The van der Waals surface area contributed by atoms with Gasteiger partial charge in [-0.1, -0.05) is 6.42 Å². The number of nitrogens with zero attached hydrogens (tertiary/aromatic N) is 1. The van der Waals surface area contributed by atoms with Gasteiger partial charge >= 0.3 is 0 Å². The van der Waals surface area contributed by atoms with Crippen molar-refractivity contribution in [3.63, 3.8) is 0 Å². The van der Waals surface area contributed by atoms with Crippen LogP contribution in [-0.4, -0.2) is 44.4 Å². The van der Waals surface area contributed by atoms with Gasteiger partial charge in [0, 0.05) is 31.7 Å². The zero-order valence-corrected chi connectivity index (χ0v) is 12.1. The molecule has 0 aliphatic carbocycles. The summed E-state index contributed by atoms with van der Waals surface area (Å²) in [5.74, 6) is 0. The summed E-state index contributed by atoms with van der Waals surface area (Å²) in [6, 6.07) is 0.0698. The lowest BCUT2D eigenvalue weighted by Gasteiger charge is -2.36. The average molecular weight is 263 g/mol. The van der Waals surface area contributed by atoms with Crippen molar-refractivity contribution in [2.45, 2.75) is 51.6 Å². The monoisotopic (exact) mass is 263 g/mol. The van der Waals surface area contributed by atoms with Gasteiger partial charge in [0.15, 0.2) is 0 Å². The van der Waals surface area contributed by atoms with Crippen LogP contribution in [0.25, 0.3) is 0 Å². The van der Waals surface area contributed by atoms with Gasteiger partial charge in [-0.15, -0.1) is 0 Å². The molecule has 1 aliphatic rings. The zero-order chi connectivity index (χ0) is 13.1. The third-order valence-electron chi connectivity index (χ3n) is 3.01. The van der Waals surface area contributed by atoms with Crippen LogP contribution in [0, 0.1) is 0 Å². The standard InChI is InChI=1S/C11H25N3O2S/c1-11(2,3)13-9-10-7-5-6-8-14(10)17(15,16)12-4/h10,12-13H,5-9H2,1-4H3. The molecule has 6 heteroatoms. The molecule has 1 atom stereocenters. The van der Waals surface area contributed by atoms with Gasteiger partial charge in [0.25, 0.3) is 10.2 Å². The normalized spacial score (nSPS) is 23.9. The van der Waals surface area contributed by atoms with Gasteiger partial charge in [-0.25, -0.2) is 4.72 Å². The van der Waals surface area contributed by atoms with Gasteiger partial charge in [-0.3, -0.25) is 0 Å². The summed E-state index contributed by atoms with van der Waals surface area (Å²) in [6.45, 7) is 7.61. The molecule has 0 spiro atoms. The third-order valence-corrected chi connectivity index (χ3v) is 4.62. The van der Waals surface area contributed by atoms with E-state index in [1.54, 1.807) is 4.31 Å². The number of hydrogen-bond donors (Lipinski definition) is 2. The molecule has 0 aromatic heterocycles. The van der Waals surface area contributed by atoms with Crippen LogP contribution in [0.3, 0.4) is 0 Å². The van der Waals surface area contributed by atoms with Crippen molar-refractivity contribution < 1.29 is 8.42 Å². The highest BCUT2D eigenvalue weighted by molar-refractivity contribution is 7.87. The first-order valence-electron chi connectivity index (χ1n) is 6.21. The molecule has 0 saturated carbocycles. The molecular weight excluding hydrogens is 238 g/mol. The molecule has 1 saturated heterocycles. The Morgan fingerprint density at radius 1 is 1.29 bits per heavy atom. The van der Waals surface area contributed by atoms with E-state index in [1.165, 1.54) is 7.05 Å². The quantitative estimate of drug-likeness (QED) is 0.784. The van der Waals surface area contributed by atoms with E-state index in [9.17, 15) is 8.42 Å². The molecule has 1 rings (SSSR count). The summed E-state index contributed by atoms with van der Waals surface area (Å²) < 4.78 is 27.8. The van der Waals surface area contributed by atoms with E-state index < -0.39 is 10.2 Å². The molecule has 1 heterocycles. The van der Waals surface area contributed by atoms with Crippen LogP contribution in [0.1, 0.15) is 40.0 Å². The van der Waals surface area contributed by atoms with Gasteiger partial charge in [0.1, 0.15) is 0 Å². The van der Waals surface area contributed by atoms with Crippen LogP contribution >= 0.6 is 0 Å². The van der Waals surface area contributed by atoms with E-state index in [0.717, 1.165) is 19.3 Å². The SMILES string of the molecule is CNS(=O)(=O)N1CCCCC1CNC(C)(C)C. The van der Waals surface area contributed by atoms with E-state index in [1.807, 2.05) is 0 Å². The molecule has 1 unspecified atom stereocenters. The summed E-state index contributed by atoms with van der Waals surface area (Å²) >= 11 is 0. The fourth-order valence-electron chi connectivity index (χ4n) is 2.04. The second kappa shape index (κ2) is 5.65. The Morgan fingerprint density at radius 3 is 2.47 bits per heavy atom. The lowest BCUT2D eigenvalue weighted by atomic mass is 10.0. The fraction of sp³-hybridized carbons (Fsp3) is 1.00. The molecule has 0 bridgehead atoms. The van der Waals surface area contributed by atoms with Crippen molar-refractivity contribution in [1.82, 2.24) is 14.3 Å². The highest BCUT2D eigenvalue weighted by Gasteiger charge is 2.31. The number of hydrogen-bond acceptors (Lipinski definition) is 3. The predicted octanol–water partition coefficient (Wildman–Crippen LogP) is 0.693. The van der Waals surface area contributed by atoms with Crippen molar-refractivity contribution in [2.24, 2.45) is 0 Å². The molecule has 0 aromatic rings. The highest BCUT2D eigenvalue weighted by Crippen LogP contribution is 2.19. The Hall–Kier alpha value is -0.170. The lowest BCUT2D eigenvalue weighted by Crippen LogP contribution is -2.53. The molecule has 102 valence electrons. The topological polar surface area (TPSA) is 61.4 Å². The summed E-state index contributed by atoms with van der Waals surface area (Å²) in [5.41, 5.74) is 0.0204. The number of nitrogens with one attached hydrogen (secondary N) is 2. The summed E-state index contributed by atoms with van der Waals surface area (Å²) in [5, 5.41) is 3.38. The van der Waals surface area contributed by atoms with E-state index in [4.69, 9.17) is 0 Å². The van der Waals surface area contributed by atoms with Crippen molar-refractivity contribution in [2.75, 3.05) is 20.1 Å². The molecular formula is C11H25N3O2S. The van der Waals surface area contributed by atoms with Gasteiger partial charge in [0.05, 0.1) is 0 Å². The van der Waals surface area contributed by atoms with E-state index >= 15 is 0 Å².